The van der Waals surface area contributed by atoms with Crippen molar-refractivity contribution in [1.29, 1.82) is 0 Å². The standard InChI is InChI=1S/C24H32N4O2/c1-19(21-11-7-4-8-12-21)28-16-14-22(18-28)26-23(29)13-15-25-24(30)27(2)17-20-9-5-3-6-10-20/h3-12,19,22H,13-18H2,1-2H3,(H,25,30)(H,26,29). The van der Waals surface area contributed by atoms with Gasteiger partial charge in [-0.3, -0.25) is 9.69 Å². The number of nitrogens with zero attached hydrogens (tertiary/aromatic N) is 2. The molecule has 1 heterocycles. The molecule has 0 aromatic heterocycles. The molecule has 1 saturated heterocycles. The molecule has 0 spiro atoms. The van der Waals surface area contributed by atoms with Gasteiger partial charge in [0.1, 0.15) is 0 Å². The highest BCUT2D eigenvalue weighted by Gasteiger charge is 2.27. The first-order valence-corrected chi connectivity index (χ1v) is 10.6. The zero-order valence-electron chi connectivity index (χ0n) is 17.9. The molecule has 2 aromatic carbocycles. The van der Waals surface area contributed by atoms with Crippen molar-refractivity contribution in [2.75, 3.05) is 26.7 Å². The van der Waals surface area contributed by atoms with Crippen LogP contribution in [-0.2, 0) is 11.3 Å². The molecular formula is C24H32N4O2. The van der Waals surface area contributed by atoms with Crippen LogP contribution in [0.15, 0.2) is 60.7 Å². The van der Waals surface area contributed by atoms with Crippen molar-refractivity contribution >= 4 is 11.9 Å². The predicted molar refractivity (Wildman–Crippen MR) is 119 cm³/mol. The van der Waals surface area contributed by atoms with Gasteiger partial charge in [-0.1, -0.05) is 60.7 Å². The Labute approximate surface area is 179 Å². The molecule has 2 N–H and O–H groups in total. The number of carbonyl (C=O) groups is 2. The SMILES string of the molecule is CC(c1ccccc1)N1CCC(NC(=O)CCNC(=O)N(C)Cc2ccccc2)C1. The molecule has 30 heavy (non-hydrogen) atoms. The summed E-state index contributed by atoms with van der Waals surface area (Å²) >= 11 is 0. The van der Waals surface area contributed by atoms with Gasteiger partial charge in [0.05, 0.1) is 0 Å². The third kappa shape index (κ3) is 6.32. The van der Waals surface area contributed by atoms with Crippen LogP contribution >= 0.6 is 0 Å². The smallest absolute Gasteiger partial charge is 0.317 e. The Morgan fingerprint density at radius 3 is 2.47 bits per heavy atom. The fourth-order valence-electron chi connectivity index (χ4n) is 3.85. The minimum atomic E-state index is -0.171. The summed E-state index contributed by atoms with van der Waals surface area (Å²) in [5, 5.41) is 5.94. The third-order valence-corrected chi connectivity index (χ3v) is 5.65. The van der Waals surface area contributed by atoms with Gasteiger partial charge < -0.3 is 15.5 Å². The first-order valence-electron chi connectivity index (χ1n) is 10.6. The summed E-state index contributed by atoms with van der Waals surface area (Å²) in [6.45, 7) is 4.91. The zero-order chi connectivity index (χ0) is 21.3. The van der Waals surface area contributed by atoms with E-state index in [1.54, 1.807) is 11.9 Å². The number of amides is 3. The van der Waals surface area contributed by atoms with E-state index in [4.69, 9.17) is 0 Å². The summed E-state index contributed by atoms with van der Waals surface area (Å²) in [6, 6.07) is 20.6. The van der Waals surface area contributed by atoms with Gasteiger partial charge in [-0.15, -0.1) is 0 Å². The summed E-state index contributed by atoms with van der Waals surface area (Å²) in [6.07, 6.45) is 1.24. The molecule has 0 radical (unpaired) electrons. The van der Waals surface area contributed by atoms with E-state index >= 15 is 0 Å². The van der Waals surface area contributed by atoms with E-state index < -0.39 is 0 Å². The highest BCUT2D eigenvalue weighted by Crippen LogP contribution is 2.24. The number of rotatable bonds is 8. The molecule has 3 rings (SSSR count). The van der Waals surface area contributed by atoms with Crippen molar-refractivity contribution < 1.29 is 9.59 Å². The van der Waals surface area contributed by atoms with E-state index in [-0.39, 0.29) is 24.4 Å². The zero-order valence-corrected chi connectivity index (χ0v) is 17.9. The highest BCUT2D eigenvalue weighted by molar-refractivity contribution is 5.78. The van der Waals surface area contributed by atoms with Gasteiger partial charge in [0.25, 0.3) is 0 Å². The molecule has 6 nitrogen and oxygen atoms in total. The van der Waals surface area contributed by atoms with E-state index in [1.807, 2.05) is 36.4 Å². The summed E-state index contributed by atoms with van der Waals surface area (Å²) in [7, 11) is 1.75. The highest BCUT2D eigenvalue weighted by atomic mass is 16.2. The quantitative estimate of drug-likeness (QED) is 0.705. The summed E-state index contributed by atoms with van der Waals surface area (Å²) in [4.78, 5) is 28.5. The lowest BCUT2D eigenvalue weighted by atomic mass is 10.1. The average molecular weight is 409 g/mol. The normalized spacial score (nSPS) is 17.3. The van der Waals surface area contributed by atoms with Crippen molar-refractivity contribution in [3.63, 3.8) is 0 Å². The lowest BCUT2D eigenvalue weighted by Crippen LogP contribution is -2.41. The second-order valence-electron chi connectivity index (χ2n) is 7.96. The Morgan fingerprint density at radius 1 is 1.10 bits per heavy atom. The van der Waals surface area contributed by atoms with Crippen LogP contribution in [-0.4, -0.2) is 54.5 Å². The minimum Gasteiger partial charge on any atom is -0.352 e. The Hall–Kier alpha value is -2.86. The number of benzene rings is 2. The Balaban J connectivity index is 1.34. The van der Waals surface area contributed by atoms with E-state index in [9.17, 15) is 9.59 Å². The second kappa shape index (κ2) is 10.8. The molecule has 3 amide bonds. The van der Waals surface area contributed by atoms with Gasteiger partial charge >= 0.3 is 6.03 Å². The topological polar surface area (TPSA) is 64.7 Å². The molecule has 0 aliphatic carbocycles. The molecule has 2 aromatic rings. The Morgan fingerprint density at radius 2 is 1.77 bits per heavy atom. The van der Waals surface area contributed by atoms with Crippen LogP contribution in [0.25, 0.3) is 0 Å². The maximum Gasteiger partial charge on any atom is 0.317 e. The molecule has 1 aliphatic rings. The number of carbonyl (C=O) groups excluding carboxylic acids is 2. The average Bonchev–Trinajstić information content (AvgIpc) is 3.22. The van der Waals surface area contributed by atoms with Crippen molar-refractivity contribution in [3.8, 4) is 0 Å². The molecule has 0 bridgehead atoms. The molecular weight excluding hydrogens is 376 g/mol. The van der Waals surface area contributed by atoms with Gasteiger partial charge in [0.15, 0.2) is 0 Å². The number of urea groups is 1. The Kier molecular flexibility index (Phi) is 7.85. The number of likely N-dealkylation sites (tertiary alicyclic amines) is 1. The molecule has 1 fully saturated rings. The van der Waals surface area contributed by atoms with Crippen LogP contribution in [0, 0.1) is 0 Å². The maximum absolute atomic E-state index is 12.3. The molecule has 6 heteroatoms. The van der Waals surface area contributed by atoms with E-state index in [1.165, 1.54) is 5.56 Å². The fourth-order valence-corrected chi connectivity index (χ4v) is 3.85. The fraction of sp³-hybridized carbons (Fsp3) is 0.417. The van der Waals surface area contributed by atoms with Crippen molar-refractivity contribution in [3.05, 3.63) is 71.8 Å². The summed E-state index contributed by atoms with van der Waals surface area (Å²) < 4.78 is 0. The largest absolute Gasteiger partial charge is 0.352 e. The van der Waals surface area contributed by atoms with Crippen LogP contribution < -0.4 is 10.6 Å². The van der Waals surface area contributed by atoms with Gasteiger partial charge in [-0.25, -0.2) is 4.79 Å². The van der Waals surface area contributed by atoms with Crippen LogP contribution in [0.4, 0.5) is 4.79 Å². The maximum atomic E-state index is 12.3. The Bertz CT molecular complexity index is 812. The molecule has 0 saturated carbocycles. The van der Waals surface area contributed by atoms with E-state index in [0.29, 0.717) is 19.1 Å². The third-order valence-electron chi connectivity index (χ3n) is 5.65. The van der Waals surface area contributed by atoms with Crippen LogP contribution in [0.2, 0.25) is 0 Å². The molecule has 2 unspecified atom stereocenters. The minimum absolute atomic E-state index is 0.0137. The van der Waals surface area contributed by atoms with Gasteiger partial charge in [0.2, 0.25) is 5.91 Å². The van der Waals surface area contributed by atoms with Gasteiger partial charge in [-0.05, 0) is 24.5 Å². The number of hydrogen-bond acceptors (Lipinski definition) is 3. The van der Waals surface area contributed by atoms with Crippen molar-refractivity contribution in [2.24, 2.45) is 0 Å². The summed E-state index contributed by atoms with van der Waals surface area (Å²) in [5.74, 6) is -0.0137. The molecule has 1 aliphatic heterocycles. The molecule has 2 atom stereocenters. The van der Waals surface area contributed by atoms with E-state index in [0.717, 1.165) is 25.1 Å². The van der Waals surface area contributed by atoms with Crippen LogP contribution in [0.3, 0.4) is 0 Å². The number of hydrogen-bond donors (Lipinski definition) is 2. The van der Waals surface area contributed by atoms with Crippen molar-refractivity contribution in [2.45, 2.75) is 38.4 Å². The monoisotopic (exact) mass is 408 g/mol. The lowest BCUT2D eigenvalue weighted by Gasteiger charge is -2.24. The lowest BCUT2D eigenvalue weighted by molar-refractivity contribution is -0.121. The number of nitrogens with one attached hydrogen (secondary N) is 2. The molecule has 160 valence electrons. The predicted octanol–water partition coefficient (Wildman–Crippen LogP) is 3.17. The van der Waals surface area contributed by atoms with E-state index in [2.05, 4.69) is 46.7 Å². The van der Waals surface area contributed by atoms with Gasteiger partial charge in [0, 0.05) is 51.7 Å². The summed E-state index contributed by atoms with van der Waals surface area (Å²) in [5.41, 5.74) is 2.37. The van der Waals surface area contributed by atoms with Crippen LogP contribution in [0.1, 0.15) is 36.9 Å². The van der Waals surface area contributed by atoms with Crippen LogP contribution in [0.5, 0.6) is 0 Å². The second-order valence-corrected chi connectivity index (χ2v) is 7.96. The first-order chi connectivity index (χ1) is 14.5. The van der Waals surface area contributed by atoms with Crippen molar-refractivity contribution in [1.82, 2.24) is 20.4 Å². The first kappa shape index (κ1) is 21.8. The van der Waals surface area contributed by atoms with Gasteiger partial charge in [-0.2, -0.15) is 0 Å².